The molecule has 0 heterocycles. The summed E-state index contributed by atoms with van der Waals surface area (Å²) in [6.07, 6.45) is 11.5. The van der Waals surface area contributed by atoms with E-state index in [1.165, 1.54) is 0 Å². The molecule has 7 aromatic carbocycles. The number of rotatable bonds is 22. The van der Waals surface area contributed by atoms with E-state index in [0.717, 1.165) is 93.9 Å². The molecule has 0 aromatic heterocycles. The van der Waals surface area contributed by atoms with Gasteiger partial charge in [0.1, 0.15) is 23.0 Å². The van der Waals surface area contributed by atoms with E-state index >= 15 is 0 Å². The van der Waals surface area contributed by atoms with E-state index in [4.69, 9.17) is 25.5 Å². The lowest BCUT2D eigenvalue weighted by atomic mass is 10.0. The lowest BCUT2D eigenvalue weighted by Gasteiger charge is -2.26. The van der Waals surface area contributed by atoms with E-state index in [2.05, 4.69) is 145 Å². The van der Waals surface area contributed by atoms with E-state index < -0.39 is 0 Å². The Bertz CT molecular complexity index is 2520. The molecule has 0 aliphatic carbocycles. The molecule has 7 rings (SSSR count). The zero-order valence-corrected chi connectivity index (χ0v) is 39.4. The van der Waals surface area contributed by atoms with Crippen molar-refractivity contribution in [1.29, 1.82) is 5.26 Å². The number of hydrogen-bond donors (Lipinski definition) is 0. The summed E-state index contributed by atoms with van der Waals surface area (Å²) in [4.78, 5) is 8.25. The standard InChI is InChI=1S/C60H58N4O4/c1-6-38-65-56-30-22-52(23-31-56)63(53-24-32-57(33-25-53)66-39-7-2)50-18-12-45(13-19-50)10-16-47-43-60(62-5)48(42-49(47)44-61)17-11-46-14-20-51(21-15-46)64(54-26-34-58(35-27-54)67-40-8-3)55-28-36-59(37-29-55)68-41-9-4/h10-37,42-43H,6-9,38-41H2,1-4H3/b16-10+,17-11+. The van der Waals surface area contributed by atoms with Crippen LogP contribution in [0, 0.1) is 17.9 Å². The lowest BCUT2D eigenvalue weighted by molar-refractivity contribution is 0.317. The molecule has 0 amide bonds. The van der Waals surface area contributed by atoms with Crippen LogP contribution in [0.4, 0.5) is 39.8 Å². The van der Waals surface area contributed by atoms with Crippen LogP contribution >= 0.6 is 0 Å². The van der Waals surface area contributed by atoms with E-state index in [1.807, 2.05) is 72.8 Å². The van der Waals surface area contributed by atoms with Crippen molar-refractivity contribution in [3.05, 3.63) is 197 Å². The Kier molecular flexibility index (Phi) is 17.1. The molecule has 0 bridgehead atoms. The summed E-state index contributed by atoms with van der Waals surface area (Å²) in [5, 5.41) is 10.3. The topological polar surface area (TPSA) is 71.6 Å². The highest BCUT2D eigenvalue weighted by Gasteiger charge is 2.15. The van der Waals surface area contributed by atoms with Gasteiger partial charge in [-0.05, 0) is 181 Å². The second-order valence-corrected chi connectivity index (χ2v) is 16.1. The lowest BCUT2D eigenvalue weighted by Crippen LogP contribution is -2.10. The molecule has 8 nitrogen and oxygen atoms in total. The number of anilines is 6. The zero-order valence-electron chi connectivity index (χ0n) is 39.4. The first kappa shape index (κ1) is 47.8. The first-order valence-electron chi connectivity index (χ1n) is 23.5. The van der Waals surface area contributed by atoms with Crippen LogP contribution in [-0.4, -0.2) is 26.4 Å². The Balaban J connectivity index is 1.09. The van der Waals surface area contributed by atoms with Crippen molar-refractivity contribution in [1.82, 2.24) is 0 Å². The Labute approximate surface area is 402 Å². The Morgan fingerprint density at radius 1 is 0.426 bits per heavy atom. The van der Waals surface area contributed by atoms with Crippen molar-refractivity contribution >= 4 is 64.1 Å². The van der Waals surface area contributed by atoms with Crippen LogP contribution in [0.3, 0.4) is 0 Å². The summed E-state index contributed by atoms with van der Waals surface area (Å²) in [5.41, 5.74) is 10.1. The van der Waals surface area contributed by atoms with Gasteiger partial charge in [0, 0.05) is 34.1 Å². The summed E-state index contributed by atoms with van der Waals surface area (Å²) in [7, 11) is 0. The van der Waals surface area contributed by atoms with Crippen molar-refractivity contribution in [2.75, 3.05) is 36.2 Å². The summed E-state index contributed by atoms with van der Waals surface area (Å²) in [5.74, 6) is 3.34. The van der Waals surface area contributed by atoms with Gasteiger partial charge in [0.25, 0.3) is 0 Å². The van der Waals surface area contributed by atoms with Gasteiger partial charge in [0.15, 0.2) is 5.69 Å². The van der Waals surface area contributed by atoms with Gasteiger partial charge in [-0.15, -0.1) is 0 Å². The van der Waals surface area contributed by atoms with Crippen LogP contribution < -0.4 is 28.7 Å². The van der Waals surface area contributed by atoms with E-state index in [1.54, 1.807) is 12.1 Å². The van der Waals surface area contributed by atoms with Gasteiger partial charge in [0.05, 0.1) is 44.6 Å². The third kappa shape index (κ3) is 12.6. The molecule has 0 spiro atoms. The van der Waals surface area contributed by atoms with Gasteiger partial charge in [-0.25, -0.2) is 4.85 Å². The Morgan fingerprint density at radius 2 is 0.721 bits per heavy atom. The number of nitrogens with zero attached hydrogens (tertiary/aromatic N) is 4. The monoisotopic (exact) mass is 898 g/mol. The average molecular weight is 899 g/mol. The molecule has 8 heteroatoms. The number of ether oxygens (including phenoxy) is 4. The fourth-order valence-electron chi connectivity index (χ4n) is 7.47. The summed E-state index contributed by atoms with van der Waals surface area (Å²) < 4.78 is 23.5. The summed E-state index contributed by atoms with van der Waals surface area (Å²) in [6, 6.07) is 55.1. The maximum atomic E-state index is 10.3. The van der Waals surface area contributed by atoms with Crippen LogP contribution in [0.25, 0.3) is 29.1 Å². The molecule has 0 saturated heterocycles. The van der Waals surface area contributed by atoms with E-state index in [-0.39, 0.29) is 0 Å². The first-order valence-corrected chi connectivity index (χ1v) is 23.5. The minimum Gasteiger partial charge on any atom is -0.494 e. The maximum Gasteiger partial charge on any atom is 0.194 e. The number of nitriles is 1. The SMILES string of the molecule is [C-]#[N+]c1cc(/C=C/c2ccc(N(c3ccc(OCCC)cc3)c3ccc(OCCC)cc3)cc2)c(C#N)cc1/C=C/c1ccc(N(c2ccc(OCCC)cc2)c2ccc(OCCC)cc2)cc1. The largest absolute Gasteiger partial charge is 0.494 e. The fourth-order valence-corrected chi connectivity index (χ4v) is 7.47. The van der Waals surface area contributed by atoms with Crippen molar-refractivity contribution in [3.63, 3.8) is 0 Å². The summed E-state index contributed by atoms with van der Waals surface area (Å²) >= 11 is 0. The van der Waals surface area contributed by atoms with Gasteiger partial charge < -0.3 is 28.7 Å². The van der Waals surface area contributed by atoms with E-state index in [9.17, 15) is 5.26 Å². The molecule has 0 unspecified atom stereocenters. The highest BCUT2D eigenvalue weighted by Crippen LogP contribution is 2.38. The highest BCUT2D eigenvalue weighted by atomic mass is 16.5. The predicted molar refractivity (Wildman–Crippen MR) is 281 cm³/mol. The molecule has 0 atom stereocenters. The zero-order chi connectivity index (χ0) is 47.5. The van der Waals surface area contributed by atoms with Crippen LogP contribution in [0.15, 0.2) is 158 Å². The first-order chi connectivity index (χ1) is 33.4. The molecule has 0 aliphatic heterocycles. The van der Waals surface area contributed by atoms with Crippen LogP contribution in [-0.2, 0) is 0 Å². The Hall–Kier alpha value is -8.20. The van der Waals surface area contributed by atoms with Gasteiger partial charge in [0.2, 0.25) is 0 Å². The predicted octanol–water partition coefficient (Wildman–Crippen LogP) is 16.5. The van der Waals surface area contributed by atoms with Gasteiger partial charge >= 0.3 is 0 Å². The normalized spacial score (nSPS) is 11.0. The third-order valence-electron chi connectivity index (χ3n) is 10.9. The molecule has 0 saturated carbocycles. The van der Waals surface area contributed by atoms with Crippen LogP contribution in [0.2, 0.25) is 0 Å². The number of hydrogen-bond acceptors (Lipinski definition) is 7. The fraction of sp³-hybridized carbons (Fsp3) is 0.200. The molecule has 0 aliphatic rings. The molecule has 68 heavy (non-hydrogen) atoms. The molecule has 0 fully saturated rings. The highest BCUT2D eigenvalue weighted by molar-refractivity contribution is 5.84. The maximum absolute atomic E-state index is 10.3. The smallest absolute Gasteiger partial charge is 0.194 e. The average Bonchev–Trinajstić information content (AvgIpc) is 3.39. The molecule has 0 N–H and O–H groups in total. The van der Waals surface area contributed by atoms with Crippen molar-refractivity contribution < 1.29 is 18.9 Å². The minimum atomic E-state index is 0.462. The molecule has 0 radical (unpaired) electrons. The van der Waals surface area contributed by atoms with Crippen molar-refractivity contribution in [3.8, 4) is 29.1 Å². The summed E-state index contributed by atoms with van der Waals surface area (Å²) in [6.45, 7) is 19.1. The van der Waals surface area contributed by atoms with Crippen molar-refractivity contribution in [2.24, 2.45) is 0 Å². The van der Waals surface area contributed by atoms with Crippen LogP contribution in [0.1, 0.15) is 81.2 Å². The Morgan fingerprint density at radius 3 is 1.00 bits per heavy atom. The number of benzene rings is 7. The third-order valence-corrected chi connectivity index (χ3v) is 10.9. The van der Waals surface area contributed by atoms with E-state index in [0.29, 0.717) is 48.8 Å². The van der Waals surface area contributed by atoms with Gasteiger partial charge in [-0.3, -0.25) is 0 Å². The van der Waals surface area contributed by atoms with Crippen LogP contribution in [0.5, 0.6) is 23.0 Å². The van der Waals surface area contributed by atoms with Gasteiger partial charge in [-0.1, -0.05) is 76.3 Å². The van der Waals surface area contributed by atoms with Crippen molar-refractivity contribution in [2.45, 2.75) is 53.4 Å². The quantitative estimate of drug-likeness (QED) is 0.0496. The molecule has 7 aromatic rings. The second-order valence-electron chi connectivity index (χ2n) is 16.1. The second kappa shape index (κ2) is 24.4. The molecule has 342 valence electrons. The molecular weight excluding hydrogens is 841 g/mol. The molecular formula is C60H58N4O4. The minimum absolute atomic E-state index is 0.462. The van der Waals surface area contributed by atoms with Gasteiger partial charge in [-0.2, -0.15) is 5.26 Å².